The number of hydrogen-bond donors (Lipinski definition) is 0. The predicted octanol–water partition coefficient (Wildman–Crippen LogP) is 9.44. The van der Waals surface area contributed by atoms with Gasteiger partial charge in [0.2, 0.25) is 0 Å². The highest BCUT2D eigenvalue weighted by atomic mass is 14.3. The van der Waals surface area contributed by atoms with Crippen molar-refractivity contribution < 1.29 is 0 Å². The van der Waals surface area contributed by atoms with E-state index in [0.717, 1.165) is 18.3 Å². The molecule has 0 N–H and O–H groups in total. The van der Waals surface area contributed by atoms with Gasteiger partial charge in [-0.1, -0.05) is 112 Å². The quantitative estimate of drug-likeness (QED) is 0.324. The molecule has 0 heteroatoms. The Kier molecular flexibility index (Phi) is 7.62. The maximum atomic E-state index is 2.51. The second-order valence-electron chi connectivity index (χ2n) is 9.44. The number of hydrogen-bond acceptors (Lipinski definition) is 0. The summed E-state index contributed by atoms with van der Waals surface area (Å²) in [6.07, 6.45) is 12.2. The van der Waals surface area contributed by atoms with Gasteiger partial charge in [0.1, 0.15) is 0 Å². The number of aryl methyl sites for hydroxylation is 1. The van der Waals surface area contributed by atoms with Crippen molar-refractivity contribution in [2.45, 2.75) is 77.6 Å². The lowest BCUT2D eigenvalue weighted by molar-refractivity contribution is 0.303. The molecule has 0 spiro atoms. The molecule has 3 aromatic carbocycles. The van der Waals surface area contributed by atoms with Crippen molar-refractivity contribution in [3.63, 3.8) is 0 Å². The fourth-order valence-corrected chi connectivity index (χ4v) is 5.35. The first-order valence-electron chi connectivity index (χ1n) is 12.6. The summed E-state index contributed by atoms with van der Waals surface area (Å²) >= 11 is 0. The SMILES string of the molecule is CCCCCC1CCC(c2ccc(-c3ccccc3)c(-c3cccc(CC)c3)c2)CC1. The highest BCUT2D eigenvalue weighted by Crippen LogP contribution is 2.41. The van der Waals surface area contributed by atoms with Crippen LogP contribution in [0.2, 0.25) is 0 Å². The van der Waals surface area contributed by atoms with Crippen molar-refractivity contribution in [3.05, 3.63) is 83.9 Å². The van der Waals surface area contributed by atoms with E-state index in [1.807, 2.05) is 0 Å². The molecule has 0 atom stereocenters. The van der Waals surface area contributed by atoms with E-state index in [4.69, 9.17) is 0 Å². The zero-order chi connectivity index (χ0) is 21.5. The highest BCUT2D eigenvalue weighted by Gasteiger charge is 2.23. The van der Waals surface area contributed by atoms with Gasteiger partial charge < -0.3 is 0 Å². The van der Waals surface area contributed by atoms with E-state index < -0.39 is 0 Å². The molecule has 0 heterocycles. The minimum Gasteiger partial charge on any atom is -0.0654 e. The molecule has 0 aromatic heterocycles. The first-order chi connectivity index (χ1) is 15.3. The molecule has 3 aromatic rings. The lowest BCUT2D eigenvalue weighted by Crippen LogP contribution is -2.13. The Labute approximate surface area is 189 Å². The van der Waals surface area contributed by atoms with Gasteiger partial charge in [-0.05, 0) is 77.3 Å². The van der Waals surface area contributed by atoms with Gasteiger partial charge >= 0.3 is 0 Å². The fourth-order valence-electron chi connectivity index (χ4n) is 5.35. The number of rotatable bonds is 8. The summed E-state index contributed by atoms with van der Waals surface area (Å²) in [7, 11) is 0. The van der Waals surface area contributed by atoms with Gasteiger partial charge in [-0.15, -0.1) is 0 Å². The summed E-state index contributed by atoms with van der Waals surface area (Å²) in [5.74, 6) is 1.69. The minimum atomic E-state index is 0.723. The van der Waals surface area contributed by atoms with Gasteiger partial charge in [0.05, 0.1) is 0 Å². The van der Waals surface area contributed by atoms with E-state index in [1.54, 1.807) is 5.56 Å². The maximum Gasteiger partial charge on any atom is -0.0102 e. The third kappa shape index (κ3) is 5.48. The zero-order valence-electron chi connectivity index (χ0n) is 19.4. The number of benzene rings is 3. The molecule has 0 unspecified atom stereocenters. The van der Waals surface area contributed by atoms with Crippen LogP contribution in [0.4, 0.5) is 0 Å². The van der Waals surface area contributed by atoms with Crippen molar-refractivity contribution in [2.24, 2.45) is 5.92 Å². The molecule has 0 aliphatic heterocycles. The first kappa shape index (κ1) is 21.9. The monoisotopic (exact) mass is 410 g/mol. The minimum absolute atomic E-state index is 0.723. The molecule has 4 rings (SSSR count). The Morgan fingerprint density at radius 1 is 0.677 bits per heavy atom. The van der Waals surface area contributed by atoms with E-state index in [2.05, 4.69) is 86.6 Å². The van der Waals surface area contributed by atoms with E-state index >= 15 is 0 Å². The highest BCUT2D eigenvalue weighted by molar-refractivity contribution is 5.84. The van der Waals surface area contributed by atoms with Crippen LogP contribution in [0.15, 0.2) is 72.8 Å². The van der Waals surface area contributed by atoms with Crippen LogP contribution in [0.25, 0.3) is 22.3 Å². The second-order valence-corrected chi connectivity index (χ2v) is 9.44. The molecule has 1 aliphatic carbocycles. The standard InChI is InChI=1S/C31H38/c1-3-5-7-11-25-16-18-26(19-17-25)28-20-21-30(27-13-8-6-9-14-27)31(23-28)29-15-10-12-24(4-2)22-29/h6,8-10,12-15,20-23,25-26H,3-5,7,11,16-19H2,1-2H3. The third-order valence-electron chi connectivity index (χ3n) is 7.31. The maximum absolute atomic E-state index is 2.51. The average molecular weight is 411 g/mol. The van der Waals surface area contributed by atoms with E-state index in [1.165, 1.54) is 79.2 Å². The van der Waals surface area contributed by atoms with Gasteiger partial charge in [-0.2, -0.15) is 0 Å². The molecular weight excluding hydrogens is 372 g/mol. The summed E-state index contributed by atoms with van der Waals surface area (Å²) in [6.45, 7) is 4.55. The van der Waals surface area contributed by atoms with Gasteiger partial charge in [-0.25, -0.2) is 0 Å². The van der Waals surface area contributed by atoms with Gasteiger partial charge in [0.25, 0.3) is 0 Å². The van der Waals surface area contributed by atoms with Crippen LogP contribution in [0.3, 0.4) is 0 Å². The molecule has 0 amide bonds. The Hall–Kier alpha value is -2.34. The first-order valence-corrected chi connectivity index (χ1v) is 12.6. The third-order valence-corrected chi connectivity index (χ3v) is 7.31. The smallest absolute Gasteiger partial charge is 0.0102 e. The Bertz CT molecular complexity index is 945. The number of unbranched alkanes of at least 4 members (excludes halogenated alkanes) is 2. The molecule has 0 bridgehead atoms. The predicted molar refractivity (Wildman–Crippen MR) is 136 cm³/mol. The van der Waals surface area contributed by atoms with E-state index in [0.29, 0.717) is 0 Å². The van der Waals surface area contributed by atoms with Crippen molar-refractivity contribution >= 4 is 0 Å². The summed E-state index contributed by atoms with van der Waals surface area (Å²) in [6, 6.07) is 27.3. The van der Waals surface area contributed by atoms with Crippen molar-refractivity contribution in [2.75, 3.05) is 0 Å². The van der Waals surface area contributed by atoms with E-state index in [-0.39, 0.29) is 0 Å². The summed E-state index contributed by atoms with van der Waals surface area (Å²) in [5.41, 5.74) is 8.37. The van der Waals surface area contributed by atoms with Crippen molar-refractivity contribution in [1.29, 1.82) is 0 Å². The largest absolute Gasteiger partial charge is 0.0654 e. The summed E-state index contributed by atoms with van der Waals surface area (Å²) in [5, 5.41) is 0. The van der Waals surface area contributed by atoms with Crippen molar-refractivity contribution in [3.8, 4) is 22.3 Å². The topological polar surface area (TPSA) is 0 Å². The van der Waals surface area contributed by atoms with Crippen LogP contribution in [-0.2, 0) is 6.42 Å². The van der Waals surface area contributed by atoms with Crippen molar-refractivity contribution in [1.82, 2.24) is 0 Å². The lowest BCUT2D eigenvalue weighted by Gasteiger charge is -2.29. The van der Waals surface area contributed by atoms with Gasteiger partial charge in [0, 0.05) is 0 Å². The van der Waals surface area contributed by atoms with Crippen LogP contribution in [0, 0.1) is 5.92 Å². The molecule has 0 radical (unpaired) electrons. The molecule has 0 saturated heterocycles. The summed E-state index contributed by atoms with van der Waals surface area (Å²) < 4.78 is 0. The molecule has 1 fully saturated rings. The Morgan fingerprint density at radius 2 is 1.45 bits per heavy atom. The van der Waals surface area contributed by atoms with Crippen LogP contribution in [0.1, 0.15) is 82.3 Å². The zero-order valence-corrected chi connectivity index (χ0v) is 19.4. The summed E-state index contributed by atoms with van der Waals surface area (Å²) in [4.78, 5) is 0. The van der Waals surface area contributed by atoms with E-state index in [9.17, 15) is 0 Å². The molecule has 0 nitrogen and oxygen atoms in total. The lowest BCUT2D eigenvalue weighted by atomic mass is 9.76. The normalized spacial score (nSPS) is 18.8. The van der Waals surface area contributed by atoms with Crippen LogP contribution in [-0.4, -0.2) is 0 Å². The Balaban J connectivity index is 1.61. The Morgan fingerprint density at radius 3 is 2.19 bits per heavy atom. The molecule has 162 valence electrons. The second kappa shape index (κ2) is 10.8. The molecule has 31 heavy (non-hydrogen) atoms. The molecular formula is C31H38. The van der Waals surface area contributed by atoms with Gasteiger partial charge in [-0.3, -0.25) is 0 Å². The fraction of sp³-hybridized carbons (Fsp3) is 0.419. The molecule has 1 aliphatic rings. The molecule has 1 saturated carbocycles. The average Bonchev–Trinajstić information content (AvgIpc) is 2.85. The van der Waals surface area contributed by atoms with Gasteiger partial charge in [0.15, 0.2) is 0 Å². The van der Waals surface area contributed by atoms with Crippen LogP contribution >= 0.6 is 0 Å². The van der Waals surface area contributed by atoms with Crippen LogP contribution < -0.4 is 0 Å². The van der Waals surface area contributed by atoms with Crippen LogP contribution in [0.5, 0.6) is 0 Å².